The van der Waals surface area contributed by atoms with Crippen LogP contribution in [0.4, 0.5) is 0 Å². The molecule has 0 amide bonds. The van der Waals surface area contributed by atoms with Crippen LogP contribution in [0.25, 0.3) is 0 Å². The Bertz CT molecular complexity index is 300. The van der Waals surface area contributed by atoms with Crippen LogP contribution >= 0.6 is 15.9 Å². The maximum absolute atomic E-state index is 12.2. The van der Waals surface area contributed by atoms with E-state index in [4.69, 9.17) is 0 Å². The van der Waals surface area contributed by atoms with Gasteiger partial charge in [0.2, 0.25) is 0 Å². The molecule has 96 valence electrons. The van der Waals surface area contributed by atoms with Gasteiger partial charge in [-0.2, -0.15) is 17.0 Å². The van der Waals surface area contributed by atoms with Gasteiger partial charge in [0.25, 0.3) is 10.2 Å². The van der Waals surface area contributed by atoms with Crippen LogP contribution in [-0.4, -0.2) is 49.0 Å². The van der Waals surface area contributed by atoms with E-state index in [1.165, 1.54) is 10.7 Å². The Morgan fingerprint density at radius 2 is 1.75 bits per heavy atom. The summed E-state index contributed by atoms with van der Waals surface area (Å²) in [6.07, 6.45) is 5.53. The molecule has 0 N–H and O–H groups in total. The molecule has 0 bridgehead atoms. The first-order valence-corrected chi connectivity index (χ1v) is 8.27. The molecule has 0 atom stereocenters. The van der Waals surface area contributed by atoms with Crippen molar-refractivity contribution in [1.82, 2.24) is 8.61 Å². The van der Waals surface area contributed by atoms with Gasteiger partial charge in [-0.05, 0) is 12.8 Å². The average Bonchev–Trinajstić information content (AvgIpc) is 2.26. The summed E-state index contributed by atoms with van der Waals surface area (Å²) in [4.78, 5) is 0. The van der Waals surface area contributed by atoms with Crippen LogP contribution in [0.3, 0.4) is 0 Å². The minimum atomic E-state index is -3.26. The number of hydrogen-bond donors (Lipinski definition) is 0. The lowest BCUT2D eigenvalue weighted by molar-refractivity contribution is 0.251. The Morgan fingerprint density at radius 1 is 1.19 bits per heavy atom. The highest BCUT2D eigenvalue weighted by molar-refractivity contribution is 9.09. The average molecular weight is 313 g/mol. The molecule has 16 heavy (non-hydrogen) atoms. The normalized spacial score (nSPS) is 19.6. The second kappa shape index (κ2) is 6.33. The lowest BCUT2D eigenvalue weighted by Crippen LogP contribution is -2.47. The van der Waals surface area contributed by atoms with E-state index in [1.54, 1.807) is 18.4 Å². The van der Waals surface area contributed by atoms with Crippen LogP contribution in [-0.2, 0) is 10.2 Å². The number of hydrogen-bond acceptors (Lipinski definition) is 2. The van der Waals surface area contributed by atoms with E-state index in [0.717, 1.165) is 25.7 Å². The fraction of sp³-hybridized carbons (Fsp3) is 1.00. The molecule has 0 aliphatic heterocycles. The number of alkyl halides is 1. The summed E-state index contributed by atoms with van der Waals surface area (Å²) in [5.74, 6) is 0. The van der Waals surface area contributed by atoms with Crippen molar-refractivity contribution < 1.29 is 8.42 Å². The van der Waals surface area contributed by atoms with E-state index in [0.29, 0.717) is 11.9 Å². The van der Waals surface area contributed by atoms with Crippen LogP contribution in [0, 0.1) is 0 Å². The Labute approximate surface area is 107 Å². The monoisotopic (exact) mass is 312 g/mol. The second-order valence-electron chi connectivity index (χ2n) is 4.38. The first kappa shape index (κ1) is 14.4. The summed E-state index contributed by atoms with van der Waals surface area (Å²) in [5.41, 5.74) is 0. The molecular weight excluding hydrogens is 292 g/mol. The topological polar surface area (TPSA) is 40.6 Å². The summed E-state index contributed by atoms with van der Waals surface area (Å²) in [6, 6.07) is 0.193. The molecule has 1 aliphatic carbocycles. The van der Waals surface area contributed by atoms with E-state index in [2.05, 4.69) is 15.9 Å². The molecule has 0 saturated heterocycles. The third-order valence-electron chi connectivity index (χ3n) is 3.04. The molecule has 0 aromatic rings. The predicted octanol–water partition coefficient (Wildman–Crippen LogP) is 1.82. The van der Waals surface area contributed by atoms with Crippen LogP contribution in [0.15, 0.2) is 0 Å². The van der Waals surface area contributed by atoms with Gasteiger partial charge >= 0.3 is 0 Å². The minimum Gasteiger partial charge on any atom is -0.195 e. The molecule has 1 aliphatic rings. The van der Waals surface area contributed by atoms with E-state index < -0.39 is 10.2 Å². The highest BCUT2D eigenvalue weighted by atomic mass is 79.9. The standard InChI is InChI=1S/C10H21BrN2O2S/c1-12(2)16(14,15)13(9-8-11)10-6-4-3-5-7-10/h10H,3-9H2,1-2H3. The summed E-state index contributed by atoms with van der Waals surface area (Å²) in [6.45, 7) is 0.561. The van der Waals surface area contributed by atoms with Crippen molar-refractivity contribution in [3.05, 3.63) is 0 Å². The summed E-state index contributed by atoms with van der Waals surface area (Å²) in [7, 11) is -0.0709. The van der Waals surface area contributed by atoms with E-state index in [1.807, 2.05) is 0 Å². The lowest BCUT2D eigenvalue weighted by Gasteiger charge is -2.34. The van der Waals surface area contributed by atoms with Crippen LogP contribution in [0.1, 0.15) is 32.1 Å². The predicted molar refractivity (Wildman–Crippen MR) is 70.0 cm³/mol. The maximum Gasteiger partial charge on any atom is 0.281 e. The van der Waals surface area contributed by atoms with Gasteiger partial charge in [-0.15, -0.1) is 0 Å². The van der Waals surface area contributed by atoms with Crippen LogP contribution in [0.2, 0.25) is 0 Å². The van der Waals surface area contributed by atoms with Crippen molar-refractivity contribution in [3.8, 4) is 0 Å². The van der Waals surface area contributed by atoms with E-state index in [-0.39, 0.29) is 6.04 Å². The van der Waals surface area contributed by atoms with Gasteiger partial charge in [0.15, 0.2) is 0 Å². The summed E-state index contributed by atoms with van der Waals surface area (Å²) >= 11 is 3.33. The molecule has 1 rings (SSSR count). The molecule has 1 saturated carbocycles. The third kappa shape index (κ3) is 3.42. The molecule has 0 heterocycles. The van der Waals surface area contributed by atoms with Gasteiger partial charge in [0, 0.05) is 32.0 Å². The molecule has 0 spiro atoms. The van der Waals surface area contributed by atoms with Crippen molar-refractivity contribution in [1.29, 1.82) is 0 Å². The Balaban J connectivity index is 2.80. The highest BCUT2D eigenvalue weighted by Gasteiger charge is 2.31. The van der Waals surface area contributed by atoms with Crippen molar-refractivity contribution >= 4 is 26.1 Å². The second-order valence-corrected chi connectivity index (χ2v) is 7.27. The highest BCUT2D eigenvalue weighted by Crippen LogP contribution is 2.25. The summed E-state index contributed by atoms with van der Waals surface area (Å²) < 4.78 is 27.3. The smallest absolute Gasteiger partial charge is 0.195 e. The quantitative estimate of drug-likeness (QED) is 0.727. The maximum atomic E-state index is 12.2. The van der Waals surface area contributed by atoms with E-state index in [9.17, 15) is 8.42 Å². The first-order chi connectivity index (χ1) is 7.50. The molecule has 0 unspecified atom stereocenters. The molecule has 0 aromatic heterocycles. The Hall–Kier alpha value is 0.350. The summed E-state index contributed by atoms with van der Waals surface area (Å²) in [5, 5.41) is 0.691. The van der Waals surface area contributed by atoms with Gasteiger partial charge in [-0.1, -0.05) is 35.2 Å². The zero-order valence-electron chi connectivity index (χ0n) is 10.0. The molecule has 4 nitrogen and oxygen atoms in total. The SMILES string of the molecule is CN(C)S(=O)(=O)N(CCBr)C1CCCCC1. The van der Waals surface area contributed by atoms with Crippen molar-refractivity contribution in [3.63, 3.8) is 0 Å². The largest absolute Gasteiger partial charge is 0.281 e. The fourth-order valence-corrected chi connectivity index (χ4v) is 4.09. The van der Waals surface area contributed by atoms with Gasteiger partial charge in [-0.3, -0.25) is 0 Å². The molecule has 1 fully saturated rings. The van der Waals surface area contributed by atoms with Gasteiger partial charge < -0.3 is 0 Å². The van der Waals surface area contributed by atoms with Gasteiger partial charge in [-0.25, -0.2) is 0 Å². The van der Waals surface area contributed by atoms with Gasteiger partial charge in [0.05, 0.1) is 0 Å². The lowest BCUT2D eigenvalue weighted by atomic mass is 9.95. The van der Waals surface area contributed by atoms with Crippen molar-refractivity contribution in [2.45, 2.75) is 38.1 Å². The van der Waals surface area contributed by atoms with Crippen molar-refractivity contribution in [2.24, 2.45) is 0 Å². The van der Waals surface area contributed by atoms with Crippen LogP contribution in [0.5, 0.6) is 0 Å². The first-order valence-electron chi connectivity index (χ1n) is 5.75. The third-order valence-corrected chi connectivity index (χ3v) is 5.40. The fourth-order valence-electron chi connectivity index (χ4n) is 2.15. The molecular formula is C10H21BrN2O2S. The van der Waals surface area contributed by atoms with Crippen LogP contribution < -0.4 is 0 Å². The number of halogens is 1. The van der Waals surface area contributed by atoms with Gasteiger partial charge in [0.1, 0.15) is 0 Å². The minimum absolute atomic E-state index is 0.193. The van der Waals surface area contributed by atoms with Crippen molar-refractivity contribution in [2.75, 3.05) is 26.0 Å². The molecule has 0 aromatic carbocycles. The zero-order valence-corrected chi connectivity index (χ0v) is 12.4. The number of nitrogens with zero attached hydrogens (tertiary/aromatic N) is 2. The number of rotatable bonds is 5. The molecule has 6 heteroatoms. The molecule has 0 radical (unpaired) electrons. The zero-order chi connectivity index (χ0) is 12.2. The van der Waals surface area contributed by atoms with E-state index >= 15 is 0 Å². The Morgan fingerprint density at radius 3 is 2.19 bits per heavy atom. The Kier molecular flexibility index (Phi) is 5.70.